The minimum absolute atomic E-state index is 0.120. The van der Waals surface area contributed by atoms with Gasteiger partial charge < -0.3 is 5.32 Å². The minimum atomic E-state index is -0.204. The van der Waals surface area contributed by atoms with E-state index in [-0.39, 0.29) is 12.3 Å². The van der Waals surface area contributed by atoms with E-state index >= 15 is 0 Å². The number of aromatic amines is 1. The topological polar surface area (TPSA) is 101 Å². The fourth-order valence-electron chi connectivity index (χ4n) is 1.21. The monoisotopic (exact) mass is 221 g/mol. The molecule has 0 aliphatic rings. The molecule has 2 rings (SSSR count). The highest BCUT2D eigenvalue weighted by Crippen LogP contribution is 2.04. The third-order valence-electron chi connectivity index (χ3n) is 2.00. The average Bonchev–Trinajstić information content (AvgIpc) is 2.77. The molecule has 0 bridgehead atoms. The Kier molecular flexibility index (Phi) is 2.63. The van der Waals surface area contributed by atoms with Crippen LogP contribution in [0.2, 0.25) is 0 Å². The molecular formula is C8H11N7O. The summed E-state index contributed by atoms with van der Waals surface area (Å²) in [6.07, 6.45) is 0.120. The van der Waals surface area contributed by atoms with Crippen LogP contribution in [-0.4, -0.2) is 36.3 Å². The number of hydrogen-bond acceptors (Lipinski definition) is 5. The number of H-pyrrole nitrogens is 1. The zero-order valence-corrected chi connectivity index (χ0v) is 8.93. The van der Waals surface area contributed by atoms with E-state index in [4.69, 9.17) is 0 Å². The van der Waals surface area contributed by atoms with Crippen LogP contribution in [0.15, 0.2) is 6.07 Å². The maximum atomic E-state index is 11.6. The molecule has 84 valence electrons. The predicted octanol–water partition coefficient (Wildman–Crippen LogP) is -0.577. The Morgan fingerprint density at radius 3 is 3.00 bits per heavy atom. The number of hydrogen-bond donors (Lipinski definition) is 2. The Balaban J connectivity index is 1.97. The van der Waals surface area contributed by atoms with Gasteiger partial charge in [0.05, 0.1) is 6.42 Å². The lowest BCUT2D eigenvalue weighted by Gasteiger charge is -1.99. The van der Waals surface area contributed by atoms with Gasteiger partial charge in [0.15, 0.2) is 11.6 Å². The predicted molar refractivity (Wildman–Crippen MR) is 54.5 cm³/mol. The molecule has 0 saturated heterocycles. The van der Waals surface area contributed by atoms with E-state index in [9.17, 15) is 4.79 Å². The van der Waals surface area contributed by atoms with E-state index in [0.717, 1.165) is 5.69 Å². The lowest BCUT2D eigenvalue weighted by molar-refractivity contribution is -0.115. The van der Waals surface area contributed by atoms with Gasteiger partial charge in [-0.2, -0.15) is 5.10 Å². The molecule has 2 N–H and O–H groups in total. The van der Waals surface area contributed by atoms with Gasteiger partial charge in [-0.25, -0.2) is 4.68 Å². The van der Waals surface area contributed by atoms with Crippen LogP contribution < -0.4 is 5.32 Å². The first kappa shape index (κ1) is 10.3. The molecule has 0 aromatic carbocycles. The van der Waals surface area contributed by atoms with Gasteiger partial charge in [0, 0.05) is 18.8 Å². The van der Waals surface area contributed by atoms with Crippen molar-refractivity contribution in [3.05, 3.63) is 17.6 Å². The molecule has 2 heterocycles. The van der Waals surface area contributed by atoms with E-state index in [1.807, 2.05) is 6.92 Å². The summed E-state index contributed by atoms with van der Waals surface area (Å²) in [7, 11) is 1.68. The molecule has 1 amide bonds. The fourth-order valence-corrected chi connectivity index (χ4v) is 1.21. The van der Waals surface area contributed by atoms with Crippen molar-refractivity contribution in [2.75, 3.05) is 5.32 Å². The second kappa shape index (κ2) is 4.09. The molecule has 0 spiro atoms. The van der Waals surface area contributed by atoms with Crippen molar-refractivity contribution < 1.29 is 4.79 Å². The first-order valence-electron chi connectivity index (χ1n) is 4.68. The van der Waals surface area contributed by atoms with Gasteiger partial charge in [0.1, 0.15) is 0 Å². The maximum absolute atomic E-state index is 11.6. The molecule has 0 atom stereocenters. The highest BCUT2D eigenvalue weighted by atomic mass is 16.1. The number of anilines is 1. The van der Waals surface area contributed by atoms with Crippen LogP contribution in [0, 0.1) is 6.92 Å². The number of nitrogens with zero attached hydrogens (tertiary/aromatic N) is 5. The number of carbonyl (C=O) groups excluding carboxylic acids is 1. The fraction of sp³-hybridized carbons (Fsp3) is 0.375. The normalized spacial score (nSPS) is 10.4. The second-order valence-corrected chi connectivity index (χ2v) is 3.38. The third-order valence-corrected chi connectivity index (χ3v) is 2.00. The number of tetrazole rings is 1. The Bertz CT molecular complexity index is 500. The molecule has 0 saturated carbocycles. The molecule has 0 radical (unpaired) electrons. The smallest absolute Gasteiger partial charge is 0.233 e. The van der Waals surface area contributed by atoms with Crippen LogP contribution >= 0.6 is 0 Å². The molecule has 16 heavy (non-hydrogen) atoms. The minimum Gasteiger partial charge on any atom is -0.309 e. The van der Waals surface area contributed by atoms with E-state index in [1.165, 1.54) is 4.68 Å². The van der Waals surface area contributed by atoms with E-state index < -0.39 is 0 Å². The van der Waals surface area contributed by atoms with Gasteiger partial charge in [0.25, 0.3) is 0 Å². The Hall–Kier alpha value is -2.25. The first-order chi connectivity index (χ1) is 7.65. The maximum Gasteiger partial charge on any atom is 0.233 e. The van der Waals surface area contributed by atoms with Gasteiger partial charge >= 0.3 is 0 Å². The molecule has 0 fully saturated rings. The molecule has 2 aromatic rings. The van der Waals surface area contributed by atoms with Crippen molar-refractivity contribution in [2.45, 2.75) is 13.3 Å². The summed E-state index contributed by atoms with van der Waals surface area (Å²) in [4.78, 5) is 11.6. The summed E-state index contributed by atoms with van der Waals surface area (Å²) >= 11 is 0. The Labute approximate surface area is 91.0 Å². The van der Waals surface area contributed by atoms with Crippen LogP contribution in [0.5, 0.6) is 0 Å². The molecule has 0 aliphatic heterocycles. The summed E-state index contributed by atoms with van der Waals surface area (Å²) in [5.74, 6) is 0.798. The van der Waals surface area contributed by atoms with Crippen LogP contribution in [0.25, 0.3) is 0 Å². The standard InChI is InChI=1S/C8H11N7O/c1-5-3-6(11-10-5)9-8(16)4-7-12-13-14-15(7)2/h3H,4H2,1-2H3,(H2,9,10,11,16). The number of nitrogens with one attached hydrogen (secondary N) is 2. The molecule has 8 heteroatoms. The lowest BCUT2D eigenvalue weighted by atomic mass is 10.3. The van der Waals surface area contributed by atoms with Gasteiger partial charge in [-0.05, 0) is 17.4 Å². The summed E-state index contributed by atoms with van der Waals surface area (Å²) < 4.78 is 1.45. The van der Waals surface area contributed by atoms with E-state index in [1.54, 1.807) is 13.1 Å². The van der Waals surface area contributed by atoms with E-state index in [0.29, 0.717) is 11.6 Å². The van der Waals surface area contributed by atoms with Crippen molar-refractivity contribution in [1.29, 1.82) is 0 Å². The lowest BCUT2D eigenvalue weighted by Crippen LogP contribution is -2.17. The second-order valence-electron chi connectivity index (χ2n) is 3.38. The summed E-state index contributed by atoms with van der Waals surface area (Å²) in [6.45, 7) is 1.86. The Morgan fingerprint density at radius 2 is 2.44 bits per heavy atom. The van der Waals surface area contributed by atoms with Crippen molar-refractivity contribution in [3.8, 4) is 0 Å². The highest BCUT2D eigenvalue weighted by molar-refractivity contribution is 5.90. The number of rotatable bonds is 3. The number of carbonyl (C=O) groups is 1. The van der Waals surface area contributed by atoms with Gasteiger partial charge in [-0.3, -0.25) is 9.89 Å². The molecule has 2 aromatic heterocycles. The summed E-state index contributed by atoms with van der Waals surface area (Å²) in [5, 5.41) is 20.1. The van der Waals surface area contributed by atoms with Gasteiger partial charge in [0.2, 0.25) is 5.91 Å². The molecule has 0 aliphatic carbocycles. The van der Waals surface area contributed by atoms with Crippen LogP contribution in [0.1, 0.15) is 11.5 Å². The zero-order valence-electron chi connectivity index (χ0n) is 8.93. The van der Waals surface area contributed by atoms with Crippen LogP contribution in [0.4, 0.5) is 5.82 Å². The van der Waals surface area contributed by atoms with Gasteiger partial charge in [-0.15, -0.1) is 5.10 Å². The largest absolute Gasteiger partial charge is 0.309 e. The zero-order chi connectivity index (χ0) is 11.5. The van der Waals surface area contributed by atoms with Crippen molar-refractivity contribution in [3.63, 3.8) is 0 Å². The van der Waals surface area contributed by atoms with Gasteiger partial charge in [-0.1, -0.05) is 0 Å². The van der Waals surface area contributed by atoms with E-state index in [2.05, 4.69) is 31.0 Å². The van der Waals surface area contributed by atoms with Crippen molar-refractivity contribution in [2.24, 2.45) is 7.05 Å². The van der Waals surface area contributed by atoms with Crippen LogP contribution in [0.3, 0.4) is 0 Å². The summed E-state index contributed by atoms with van der Waals surface area (Å²) in [6, 6.07) is 1.74. The Morgan fingerprint density at radius 1 is 1.62 bits per heavy atom. The SMILES string of the molecule is Cc1cc(NC(=O)Cc2nnnn2C)n[nH]1. The summed E-state index contributed by atoms with van der Waals surface area (Å²) in [5.41, 5.74) is 0.885. The highest BCUT2D eigenvalue weighted by Gasteiger charge is 2.10. The number of amides is 1. The molecular weight excluding hydrogens is 210 g/mol. The van der Waals surface area contributed by atoms with Crippen molar-refractivity contribution in [1.82, 2.24) is 30.4 Å². The first-order valence-corrected chi connectivity index (χ1v) is 4.68. The van der Waals surface area contributed by atoms with Crippen molar-refractivity contribution >= 4 is 11.7 Å². The quantitative estimate of drug-likeness (QED) is 0.722. The molecule has 0 unspecified atom stereocenters. The average molecular weight is 221 g/mol. The number of aromatic nitrogens is 6. The third kappa shape index (κ3) is 2.22. The molecule has 8 nitrogen and oxygen atoms in total. The number of aryl methyl sites for hydroxylation is 2. The van der Waals surface area contributed by atoms with Crippen LogP contribution in [-0.2, 0) is 18.3 Å².